The van der Waals surface area contributed by atoms with Crippen LogP contribution >= 0.6 is 0 Å². The molecule has 1 aliphatic heterocycles. The number of ketones is 1. The molecule has 0 saturated carbocycles. The first kappa shape index (κ1) is 17.2. The number of piperidine rings is 1. The van der Waals surface area contributed by atoms with Gasteiger partial charge in [0.15, 0.2) is 5.78 Å². The van der Waals surface area contributed by atoms with Crippen LogP contribution in [0, 0.1) is 11.8 Å². The Bertz CT molecular complexity index is 819. The zero-order valence-electron chi connectivity index (χ0n) is 16.1. The van der Waals surface area contributed by atoms with Crippen molar-refractivity contribution in [3.63, 3.8) is 0 Å². The number of likely N-dealkylation sites (tertiary alicyclic amines) is 1. The number of benzene rings is 2. The molecule has 1 saturated heterocycles. The molecular formula is C25H29NO. The number of hydrogen-bond acceptors (Lipinski definition) is 2. The molecule has 0 aromatic heterocycles. The van der Waals surface area contributed by atoms with Gasteiger partial charge in [-0.3, -0.25) is 9.69 Å². The minimum Gasteiger partial charge on any atom is -0.299 e. The fourth-order valence-electron chi connectivity index (χ4n) is 5.78. The summed E-state index contributed by atoms with van der Waals surface area (Å²) in [5.41, 5.74) is 5.35. The van der Waals surface area contributed by atoms with Gasteiger partial charge >= 0.3 is 0 Å². The highest BCUT2D eigenvalue weighted by atomic mass is 16.1. The molecule has 0 radical (unpaired) electrons. The van der Waals surface area contributed by atoms with E-state index in [1.807, 2.05) is 0 Å². The second-order valence-corrected chi connectivity index (χ2v) is 8.79. The third-order valence-corrected chi connectivity index (χ3v) is 7.16. The van der Waals surface area contributed by atoms with E-state index >= 15 is 0 Å². The van der Waals surface area contributed by atoms with Crippen LogP contribution in [-0.4, -0.2) is 23.8 Å². The van der Waals surface area contributed by atoms with Crippen molar-refractivity contribution in [1.82, 2.24) is 4.90 Å². The molecule has 2 nitrogen and oxygen atoms in total. The van der Waals surface area contributed by atoms with Crippen LogP contribution < -0.4 is 0 Å². The maximum Gasteiger partial charge on any atom is 0.166 e. The molecule has 2 aromatic rings. The summed E-state index contributed by atoms with van der Waals surface area (Å²) in [7, 11) is 0. The second-order valence-electron chi connectivity index (χ2n) is 8.79. The van der Waals surface area contributed by atoms with Crippen LogP contribution in [0.15, 0.2) is 48.5 Å². The van der Waals surface area contributed by atoms with E-state index in [4.69, 9.17) is 0 Å². The van der Waals surface area contributed by atoms with E-state index in [1.54, 1.807) is 0 Å². The SMILES string of the molecule is O=C1c2cccc3c2C(CCC3)C1CC1CCN(Cc2ccccc2)CC1. The lowest BCUT2D eigenvalue weighted by atomic mass is 9.76. The van der Waals surface area contributed by atoms with Gasteiger partial charge in [-0.2, -0.15) is 0 Å². The number of aryl methyl sites for hydroxylation is 1. The number of carbonyl (C=O) groups is 1. The quantitative estimate of drug-likeness (QED) is 0.746. The van der Waals surface area contributed by atoms with Gasteiger partial charge in [-0.15, -0.1) is 0 Å². The van der Waals surface area contributed by atoms with Crippen LogP contribution in [0.4, 0.5) is 0 Å². The minimum absolute atomic E-state index is 0.257. The first-order valence-corrected chi connectivity index (χ1v) is 10.7. The van der Waals surface area contributed by atoms with Gasteiger partial charge in [0, 0.05) is 18.0 Å². The maximum absolute atomic E-state index is 13.1. The van der Waals surface area contributed by atoms with Crippen molar-refractivity contribution >= 4 is 5.78 Å². The number of rotatable bonds is 4. The molecule has 3 aliphatic rings. The lowest BCUT2D eigenvalue weighted by Gasteiger charge is -2.34. The van der Waals surface area contributed by atoms with Crippen LogP contribution in [-0.2, 0) is 13.0 Å². The largest absolute Gasteiger partial charge is 0.299 e. The van der Waals surface area contributed by atoms with E-state index in [9.17, 15) is 4.79 Å². The van der Waals surface area contributed by atoms with Gasteiger partial charge in [0.1, 0.15) is 0 Å². The fourth-order valence-corrected chi connectivity index (χ4v) is 5.78. The van der Waals surface area contributed by atoms with Gasteiger partial charge in [-0.1, -0.05) is 48.5 Å². The number of Topliss-reactive ketones (excluding diaryl/α,β-unsaturated/α-hetero) is 1. The molecule has 0 bridgehead atoms. The Balaban J connectivity index is 1.22. The zero-order valence-corrected chi connectivity index (χ0v) is 16.1. The Hall–Kier alpha value is -1.93. The van der Waals surface area contributed by atoms with Crippen molar-refractivity contribution in [3.05, 3.63) is 70.8 Å². The van der Waals surface area contributed by atoms with Crippen LogP contribution in [0.2, 0.25) is 0 Å². The van der Waals surface area contributed by atoms with Crippen molar-refractivity contribution in [2.24, 2.45) is 11.8 Å². The summed E-state index contributed by atoms with van der Waals surface area (Å²) >= 11 is 0. The zero-order chi connectivity index (χ0) is 18.2. The van der Waals surface area contributed by atoms with Crippen molar-refractivity contribution in [2.45, 2.75) is 51.0 Å². The molecule has 2 aromatic carbocycles. The van der Waals surface area contributed by atoms with Crippen molar-refractivity contribution < 1.29 is 4.79 Å². The summed E-state index contributed by atoms with van der Waals surface area (Å²) in [4.78, 5) is 15.7. The monoisotopic (exact) mass is 359 g/mol. The molecule has 2 aliphatic carbocycles. The molecule has 1 heterocycles. The van der Waals surface area contributed by atoms with Crippen molar-refractivity contribution in [1.29, 1.82) is 0 Å². The Morgan fingerprint density at radius 2 is 1.74 bits per heavy atom. The average molecular weight is 360 g/mol. The van der Waals surface area contributed by atoms with Crippen molar-refractivity contribution in [2.75, 3.05) is 13.1 Å². The fraction of sp³-hybridized carbons (Fsp3) is 0.480. The Morgan fingerprint density at radius 3 is 2.56 bits per heavy atom. The Labute approximate surface area is 162 Å². The molecule has 2 heteroatoms. The standard InChI is InChI=1S/C25H29NO/c27-25-22-11-5-9-20-8-4-10-21(24(20)22)23(25)16-18-12-14-26(15-13-18)17-19-6-2-1-3-7-19/h1-3,5-7,9,11,18,21,23H,4,8,10,12-17H2. The maximum atomic E-state index is 13.1. The molecule has 5 rings (SSSR count). The molecule has 0 amide bonds. The molecule has 2 atom stereocenters. The summed E-state index contributed by atoms with van der Waals surface area (Å²) in [5.74, 6) is 1.93. The number of hydrogen-bond donors (Lipinski definition) is 0. The van der Waals surface area contributed by atoms with E-state index < -0.39 is 0 Å². The third-order valence-electron chi connectivity index (χ3n) is 7.16. The number of carbonyl (C=O) groups excluding carboxylic acids is 1. The normalized spacial score (nSPS) is 25.6. The molecule has 0 N–H and O–H groups in total. The van der Waals surface area contributed by atoms with Crippen molar-refractivity contribution in [3.8, 4) is 0 Å². The third kappa shape index (κ3) is 3.25. The number of nitrogens with zero attached hydrogens (tertiary/aromatic N) is 1. The summed E-state index contributed by atoms with van der Waals surface area (Å²) in [6, 6.07) is 17.2. The highest BCUT2D eigenvalue weighted by Gasteiger charge is 2.43. The van der Waals surface area contributed by atoms with E-state index in [1.165, 1.54) is 55.5 Å². The summed E-state index contributed by atoms with van der Waals surface area (Å²) in [6.45, 7) is 3.40. The van der Waals surface area contributed by atoms with Gasteiger partial charge < -0.3 is 0 Å². The Morgan fingerprint density at radius 1 is 0.926 bits per heavy atom. The molecule has 1 fully saturated rings. The predicted octanol–water partition coefficient (Wildman–Crippen LogP) is 5.22. The predicted molar refractivity (Wildman–Crippen MR) is 109 cm³/mol. The van der Waals surface area contributed by atoms with E-state index in [2.05, 4.69) is 53.4 Å². The van der Waals surface area contributed by atoms with E-state index in [0.717, 1.165) is 24.9 Å². The molecule has 0 spiro atoms. The van der Waals surface area contributed by atoms with Gasteiger partial charge in [0.05, 0.1) is 0 Å². The van der Waals surface area contributed by atoms with E-state index in [-0.39, 0.29) is 5.92 Å². The summed E-state index contributed by atoms with van der Waals surface area (Å²) < 4.78 is 0. The van der Waals surface area contributed by atoms with Gasteiger partial charge in [-0.25, -0.2) is 0 Å². The lowest BCUT2D eigenvalue weighted by Crippen LogP contribution is -2.34. The summed E-state index contributed by atoms with van der Waals surface area (Å²) in [6.07, 6.45) is 7.22. The molecule has 140 valence electrons. The highest BCUT2D eigenvalue weighted by Crippen LogP contribution is 2.48. The first-order chi connectivity index (χ1) is 13.3. The summed E-state index contributed by atoms with van der Waals surface area (Å²) in [5, 5.41) is 0. The second kappa shape index (κ2) is 7.24. The minimum atomic E-state index is 0.257. The van der Waals surface area contributed by atoms with Crippen LogP contribution in [0.3, 0.4) is 0 Å². The van der Waals surface area contributed by atoms with Crippen LogP contribution in [0.25, 0.3) is 0 Å². The van der Waals surface area contributed by atoms with Gasteiger partial charge in [-0.05, 0) is 80.1 Å². The average Bonchev–Trinajstić information content (AvgIpc) is 2.98. The molecular weight excluding hydrogens is 330 g/mol. The molecule has 27 heavy (non-hydrogen) atoms. The molecule has 2 unspecified atom stereocenters. The highest BCUT2D eigenvalue weighted by molar-refractivity contribution is 6.03. The first-order valence-electron chi connectivity index (χ1n) is 10.7. The van der Waals surface area contributed by atoms with Crippen LogP contribution in [0.1, 0.15) is 65.1 Å². The van der Waals surface area contributed by atoms with E-state index in [0.29, 0.717) is 17.6 Å². The van der Waals surface area contributed by atoms with Crippen LogP contribution in [0.5, 0.6) is 0 Å². The van der Waals surface area contributed by atoms with Gasteiger partial charge in [0.25, 0.3) is 0 Å². The smallest absolute Gasteiger partial charge is 0.166 e. The van der Waals surface area contributed by atoms with Gasteiger partial charge in [0.2, 0.25) is 0 Å². The topological polar surface area (TPSA) is 20.3 Å². The Kier molecular flexibility index (Phi) is 4.61. The lowest BCUT2D eigenvalue weighted by molar-refractivity contribution is 0.0870.